The molecule has 35 heavy (non-hydrogen) atoms. The summed E-state index contributed by atoms with van der Waals surface area (Å²) in [5.74, 6) is 0.948. The first-order chi connectivity index (χ1) is 16.7. The largest absolute Gasteiger partial charge is 0.493 e. The molecule has 0 bridgehead atoms. The second-order valence-corrected chi connectivity index (χ2v) is 10.1. The number of anilines is 1. The zero-order valence-electron chi connectivity index (χ0n) is 20.6. The van der Waals surface area contributed by atoms with E-state index >= 15 is 0 Å². The molecule has 8 nitrogen and oxygen atoms in total. The lowest BCUT2D eigenvalue weighted by molar-refractivity contribution is 0.0941. The van der Waals surface area contributed by atoms with Crippen LogP contribution < -0.4 is 19.1 Å². The lowest BCUT2D eigenvalue weighted by atomic mass is 10.0. The molecule has 9 heteroatoms. The third-order valence-corrected chi connectivity index (χ3v) is 7.57. The van der Waals surface area contributed by atoms with E-state index in [1.165, 1.54) is 35.6 Å². The molecule has 0 aliphatic rings. The third-order valence-electron chi connectivity index (χ3n) is 5.77. The van der Waals surface area contributed by atoms with Crippen molar-refractivity contribution in [3.63, 3.8) is 0 Å². The van der Waals surface area contributed by atoms with Crippen molar-refractivity contribution in [2.75, 3.05) is 46.2 Å². The Morgan fingerprint density at radius 1 is 0.886 bits per heavy atom. The van der Waals surface area contributed by atoms with Crippen molar-refractivity contribution in [2.24, 2.45) is 0 Å². The summed E-state index contributed by atoms with van der Waals surface area (Å²) in [7, 11) is 4.77. The number of rotatable bonds is 10. The first-order valence-electron chi connectivity index (χ1n) is 11.0. The van der Waals surface area contributed by atoms with Crippen LogP contribution in [0.2, 0.25) is 0 Å². The highest BCUT2D eigenvalue weighted by Crippen LogP contribution is 2.31. The summed E-state index contributed by atoms with van der Waals surface area (Å²) in [4.78, 5) is 14.9. The van der Waals surface area contributed by atoms with Crippen LogP contribution >= 0.6 is 0 Å². The lowest BCUT2D eigenvalue weighted by Gasteiger charge is -2.26. The van der Waals surface area contributed by atoms with E-state index in [-0.39, 0.29) is 16.8 Å². The Morgan fingerprint density at radius 3 is 2.09 bits per heavy atom. The first-order valence-corrected chi connectivity index (χ1v) is 12.4. The van der Waals surface area contributed by atoms with Crippen molar-refractivity contribution in [3.05, 3.63) is 83.9 Å². The van der Waals surface area contributed by atoms with E-state index in [2.05, 4.69) is 5.32 Å². The number of sulfonamides is 1. The van der Waals surface area contributed by atoms with Gasteiger partial charge in [-0.15, -0.1) is 0 Å². The molecule has 3 aromatic carbocycles. The summed E-state index contributed by atoms with van der Waals surface area (Å²) in [6.07, 6.45) is 0. The van der Waals surface area contributed by atoms with Gasteiger partial charge in [-0.2, -0.15) is 0 Å². The summed E-state index contributed by atoms with van der Waals surface area (Å²) in [6, 6.07) is 20.3. The fourth-order valence-electron chi connectivity index (χ4n) is 3.66. The maximum Gasteiger partial charge on any atom is 0.264 e. The van der Waals surface area contributed by atoms with Gasteiger partial charge in [-0.1, -0.05) is 24.3 Å². The number of nitrogens with zero attached hydrogens (tertiary/aromatic N) is 2. The highest BCUT2D eigenvalue weighted by atomic mass is 32.2. The predicted molar refractivity (Wildman–Crippen MR) is 137 cm³/mol. The van der Waals surface area contributed by atoms with Crippen molar-refractivity contribution >= 4 is 21.6 Å². The topological polar surface area (TPSA) is 88.2 Å². The molecule has 0 aromatic heterocycles. The molecule has 0 aliphatic heterocycles. The summed E-state index contributed by atoms with van der Waals surface area (Å²) in [5, 5.41) is 2.94. The summed E-state index contributed by atoms with van der Waals surface area (Å²) < 4.78 is 37.8. The molecule has 0 heterocycles. The number of hydrogen-bond acceptors (Lipinski definition) is 6. The number of para-hydroxylation sites is 1. The number of benzene rings is 3. The van der Waals surface area contributed by atoms with E-state index < -0.39 is 10.0 Å². The Morgan fingerprint density at radius 2 is 1.51 bits per heavy atom. The van der Waals surface area contributed by atoms with Gasteiger partial charge in [-0.25, -0.2) is 8.42 Å². The van der Waals surface area contributed by atoms with Gasteiger partial charge in [0.15, 0.2) is 11.5 Å². The molecule has 0 fully saturated rings. The van der Waals surface area contributed by atoms with Gasteiger partial charge in [0.25, 0.3) is 15.9 Å². The van der Waals surface area contributed by atoms with Crippen LogP contribution in [0.25, 0.3) is 0 Å². The number of ether oxygens (including phenoxy) is 2. The standard InChI is InChI=1S/C26H31N3O5S/c1-28(2)23(20-13-16-24(33-4)25(17-20)34-5)18-27-26(30)19-11-14-22(15-12-19)35(31,32)29(3)21-9-7-6-8-10-21/h6-17,23H,18H2,1-5H3,(H,27,30)/t23-/m0/s1. The average molecular weight is 498 g/mol. The zero-order valence-corrected chi connectivity index (χ0v) is 21.4. The van der Waals surface area contributed by atoms with E-state index in [1.807, 2.05) is 43.3 Å². The van der Waals surface area contributed by atoms with Gasteiger partial charge in [-0.05, 0) is 68.2 Å². The number of hydrogen-bond donors (Lipinski definition) is 1. The number of methoxy groups -OCH3 is 2. The van der Waals surface area contributed by atoms with Crippen LogP contribution in [-0.4, -0.2) is 61.1 Å². The first kappa shape index (κ1) is 26.1. The second-order valence-electron chi connectivity index (χ2n) is 8.14. The van der Waals surface area contributed by atoms with E-state index in [0.717, 1.165) is 5.56 Å². The van der Waals surface area contributed by atoms with Gasteiger partial charge in [0.1, 0.15) is 0 Å². The van der Waals surface area contributed by atoms with E-state index in [4.69, 9.17) is 9.47 Å². The van der Waals surface area contributed by atoms with E-state index in [0.29, 0.717) is 29.3 Å². The van der Waals surface area contributed by atoms with Crippen LogP contribution in [-0.2, 0) is 10.0 Å². The van der Waals surface area contributed by atoms with Gasteiger partial charge >= 0.3 is 0 Å². The van der Waals surface area contributed by atoms with Gasteiger partial charge in [-0.3, -0.25) is 9.10 Å². The minimum atomic E-state index is -3.75. The molecule has 1 N–H and O–H groups in total. The highest BCUT2D eigenvalue weighted by Gasteiger charge is 2.22. The lowest BCUT2D eigenvalue weighted by Crippen LogP contribution is -2.34. The Labute approximate surface area is 207 Å². The summed E-state index contributed by atoms with van der Waals surface area (Å²) in [5.41, 5.74) is 1.88. The average Bonchev–Trinajstić information content (AvgIpc) is 2.88. The molecule has 3 aromatic rings. The smallest absolute Gasteiger partial charge is 0.264 e. The van der Waals surface area contributed by atoms with Crippen molar-refractivity contribution in [1.82, 2.24) is 10.2 Å². The van der Waals surface area contributed by atoms with E-state index in [9.17, 15) is 13.2 Å². The molecule has 186 valence electrons. The fourth-order valence-corrected chi connectivity index (χ4v) is 4.86. The minimum Gasteiger partial charge on any atom is -0.493 e. The van der Waals surface area contributed by atoms with Crippen LogP contribution in [0.3, 0.4) is 0 Å². The van der Waals surface area contributed by atoms with E-state index in [1.54, 1.807) is 38.5 Å². The summed E-state index contributed by atoms with van der Waals surface area (Å²) in [6.45, 7) is 0.345. The number of carbonyl (C=O) groups excluding carboxylic acids is 1. The van der Waals surface area contributed by atoms with Crippen LogP contribution in [0.1, 0.15) is 22.0 Å². The van der Waals surface area contributed by atoms with Crippen molar-refractivity contribution < 1.29 is 22.7 Å². The number of likely N-dealkylation sites (N-methyl/N-ethyl adjacent to an activating group) is 1. The fraction of sp³-hybridized carbons (Fsp3) is 0.269. The molecule has 0 unspecified atom stereocenters. The molecule has 0 radical (unpaired) electrons. The maximum absolute atomic E-state index is 13.0. The normalized spacial score (nSPS) is 12.2. The minimum absolute atomic E-state index is 0.108. The van der Waals surface area contributed by atoms with Crippen LogP contribution in [0.5, 0.6) is 11.5 Å². The highest BCUT2D eigenvalue weighted by molar-refractivity contribution is 7.92. The molecule has 0 saturated heterocycles. The predicted octanol–water partition coefficient (Wildman–Crippen LogP) is 3.56. The quantitative estimate of drug-likeness (QED) is 0.461. The third kappa shape index (κ3) is 5.93. The summed E-state index contributed by atoms with van der Waals surface area (Å²) >= 11 is 0. The maximum atomic E-state index is 13.0. The zero-order chi connectivity index (χ0) is 25.6. The molecule has 0 aliphatic carbocycles. The molecule has 0 spiro atoms. The number of amides is 1. The van der Waals surface area contributed by atoms with Crippen molar-refractivity contribution in [1.29, 1.82) is 0 Å². The molecular formula is C26H31N3O5S. The van der Waals surface area contributed by atoms with Crippen molar-refractivity contribution in [3.8, 4) is 11.5 Å². The Hall–Kier alpha value is -3.56. The Bertz CT molecular complexity index is 1250. The van der Waals surface area contributed by atoms with Crippen LogP contribution in [0, 0.1) is 0 Å². The van der Waals surface area contributed by atoms with Crippen LogP contribution in [0.4, 0.5) is 5.69 Å². The Balaban J connectivity index is 1.72. The molecule has 1 atom stereocenters. The Kier molecular flexibility index (Phi) is 8.37. The molecule has 3 rings (SSSR count). The van der Waals surface area contributed by atoms with Gasteiger partial charge in [0, 0.05) is 19.2 Å². The van der Waals surface area contributed by atoms with Gasteiger partial charge < -0.3 is 19.7 Å². The second kappa shape index (κ2) is 11.2. The molecule has 0 saturated carbocycles. The van der Waals surface area contributed by atoms with Gasteiger partial charge in [0.2, 0.25) is 0 Å². The monoisotopic (exact) mass is 497 g/mol. The van der Waals surface area contributed by atoms with Crippen molar-refractivity contribution in [2.45, 2.75) is 10.9 Å². The van der Waals surface area contributed by atoms with Gasteiger partial charge in [0.05, 0.1) is 30.8 Å². The molecular weight excluding hydrogens is 466 g/mol. The number of carbonyl (C=O) groups is 1. The molecule has 1 amide bonds. The SMILES string of the molecule is COc1ccc([C@H](CNC(=O)c2ccc(S(=O)(=O)N(C)c3ccccc3)cc2)N(C)C)cc1OC. The number of nitrogens with one attached hydrogen (secondary N) is 1. The van der Waals surface area contributed by atoms with Crippen LogP contribution in [0.15, 0.2) is 77.7 Å².